The molecule has 1 amide bonds. The van der Waals surface area contributed by atoms with E-state index in [9.17, 15) is 13.2 Å². The second kappa shape index (κ2) is 7.88. The summed E-state index contributed by atoms with van der Waals surface area (Å²) >= 11 is 0. The quantitative estimate of drug-likeness (QED) is 0.843. The third-order valence-electron chi connectivity index (χ3n) is 4.13. The van der Waals surface area contributed by atoms with Gasteiger partial charge in [-0.3, -0.25) is 4.79 Å². The zero-order valence-electron chi connectivity index (χ0n) is 15.7. The second-order valence-corrected chi connectivity index (χ2v) is 8.51. The van der Waals surface area contributed by atoms with Gasteiger partial charge in [0.15, 0.2) is 0 Å². The molecule has 0 spiro atoms. The number of rotatable bonds is 6. The van der Waals surface area contributed by atoms with Crippen LogP contribution in [0.3, 0.4) is 0 Å². The molecule has 0 saturated carbocycles. The molecule has 0 fully saturated rings. The van der Waals surface area contributed by atoms with Crippen LogP contribution in [-0.4, -0.2) is 45.8 Å². The highest BCUT2D eigenvalue weighted by Gasteiger charge is 2.24. The van der Waals surface area contributed by atoms with Crippen LogP contribution in [0.5, 0.6) is 0 Å². The number of amides is 1. The predicted octanol–water partition coefficient (Wildman–Crippen LogP) is 3.03. The summed E-state index contributed by atoms with van der Waals surface area (Å²) in [7, 11) is 1.66. The molecule has 0 aliphatic heterocycles. The van der Waals surface area contributed by atoms with Crippen molar-refractivity contribution in [1.82, 2.24) is 4.31 Å². The highest BCUT2D eigenvalue weighted by molar-refractivity contribution is 7.89. The monoisotopic (exact) mass is 375 g/mol. The zero-order valence-corrected chi connectivity index (χ0v) is 16.5. The third-order valence-corrected chi connectivity index (χ3v) is 6.16. The minimum atomic E-state index is -3.64. The molecule has 1 N–H and O–H groups in total. The van der Waals surface area contributed by atoms with E-state index in [0.717, 1.165) is 5.69 Å². The Labute approximate surface area is 155 Å². The van der Waals surface area contributed by atoms with Gasteiger partial charge in [-0.1, -0.05) is 18.2 Å². The maximum absolute atomic E-state index is 12.6. The number of anilines is 2. The van der Waals surface area contributed by atoms with Gasteiger partial charge in [-0.25, -0.2) is 8.42 Å². The molecule has 0 saturated heterocycles. The molecule has 0 radical (unpaired) electrons. The Hall–Kier alpha value is -2.38. The van der Waals surface area contributed by atoms with E-state index in [0.29, 0.717) is 5.69 Å². The van der Waals surface area contributed by atoms with E-state index >= 15 is 0 Å². The van der Waals surface area contributed by atoms with Gasteiger partial charge >= 0.3 is 0 Å². The first kappa shape index (κ1) is 19.9. The van der Waals surface area contributed by atoms with Gasteiger partial charge in [-0.15, -0.1) is 0 Å². The summed E-state index contributed by atoms with van der Waals surface area (Å²) in [4.78, 5) is 14.6. The van der Waals surface area contributed by atoms with Crippen LogP contribution in [0.2, 0.25) is 0 Å². The van der Waals surface area contributed by atoms with Crippen LogP contribution in [0.15, 0.2) is 53.4 Å². The van der Waals surface area contributed by atoms with Gasteiger partial charge in [0.2, 0.25) is 10.0 Å². The molecule has 0 aromatic heterocycles. The molecule has 2 rings (SSSR count). The normalized spacial score (nSPS) is 11.7. The van der Waals surface area contributed by atoms with Crippen molar-refractivity contribution in [3.05, 3.63) is 54.1 Å². The van der Waals surface area contributed by atoms with Gasteiger partial charge in [-0.2, -0.15) is 4.31 Å². The van der Waals surface area contributed by atoms with E-state index in [2.05, 4.69) is 5.32 Å². The molecule has 2 aromatic carbocycles. The molecule has 2 aromatic rings. The Kier molecular flexibility index (Phi) is 6.05. The Morgan fingerprint density at radius 1 is 1.00 bits per heavy atom. The lowest BCUT2D eigenvalue weighted by Gasteiger charge is -2.21. The van der Waals surface area contributed by atoms with Gasteiger partial charge in [0.25, 0.3) is 5.91 Å². The highest BCUT2D eigenvalue weighted by atomic mass is 32.2. The lowest BCUT2D eigenvalue weighted by molar-refractivity contribution is 0.102. The Balaban J connectivity index is 2.33. The topological polar surface area (TPSA) is 69.7 Å². The summed E-state index contributed by atoms with van der Waals surface area (Å²) < 4.78 is 26.6. The molecule has 0 aliphatic carbocycles. The lowest BCUT2D eigenvalue weighted by Crippen LogP contribution is -2.33. The van der Waals surface area contributed by atoms with Crippen molar-refractivity contribution in [2.24, 2.45) is 0 Å². The lowest BCUT2D eigenvalue weighted by atomic mass is 10.2. The van der Waals surface area contributed by atoms with Gasteiger partial charge in [0.05, 0.1) is 16.3 Å². The number of hydrogen-bond donors (Lipinski definition) is 1. The van der Waals surface area contributed by atoms with Crippen LogP contribution < -0.4 is 10.2 Å². The minimum Gasteiger partial charge on any atom is -0.376 e. The average Bonchev–Trinajstić information content (AvgIpc) is 2.61. The molecule has 0 bridgehead atoms. The van der Waals surface area contributed by atoms with Crippen molar-refractivity contribution in [1.29, 1.82) is 0 Å². The first-order chi connectivity index (χ1) is 12.1. The molecule has 0 unspecified atom stereocenters. The van der Waals surface area contributed by atoms with Crippen LogP contribution in [-0.2, 0) is 10.0 Å². The Bertz CT molecular complexity index is 892. The van der Waals surface area contributed by atoms with E-state index in [1.807, 2.05) is 37.2 Å². The maximum Gasteiger partial charge on any atom is 0.255 e. The Morgan fingerprint density at radius 3 is 2.27 bits per heavy atom. The Morgan fingerprint density at radius 2 is 1.65 bits per heavy atom. The number of nitrogens with zero attached hydrogens (tertiary/aromatic N) is 2. The van der Waals surface area contributed by atoms with Crippen molar-refractivity contribution in [2.75, 3.05) is 31.4 Å². The predicted molar refractivity (Wildman–Crippen MR) is 105 cm³/mol. The van der Waals surface area contributed by atoms with Gasteiger partial charge in [-0.05, 0) is 44.2 Å². The minimum absolute atomic E-state index is 0.0993. The summed E-state index contributed by atoms with van der Waals surface area (Å²) in [6, 6.07) is 13.3. The van der Waals surface area contributed by atoms with Crippen molar-refractivity contribution >= 4 is 27.3 Å². The summed E-state index contributed by atoms with van der Waals surface area (Å²) in [5.41, 5.74) is 1.82. The van der Waals surface area contributed by atoms with Gasteiger partial charge < -0.3 is 10.2 Å². The van der Waals surface area contributed by atoms with E-state index in [1.54, 1.807) is 32.0 Å². The number of sulfonamides is 1. The number of para-hydroxylation sites is 2. The van der Waals surface area contributed by atoms with Crippen LogP contribution >= 0.6 is 0 Å². The fraction of sp³-hybridized carbons (Fsp3) is 0.316. The molecule has 6 nitrogen and oxygen atoms in total. The number of nitrogens with one attached hydrogen (secondary N) is 1. The van der Waals surface area contributed by atoms with Gasteiger partial charge in [0.1, 0.15) is 0 Å². The molecule has 26 heavy (non-hydrogen) atoms. The fourth-order valence-electron chi connectivity index (χ4n) is 2.41. The van der Waals surface area contributed by atoms with Crippen molar-refractivity contribution in [2.45, 2.75) is 24.8 Å². The van der Waals surface area contributed by atoms with Crippen molar-refractivity contribution in [3.63, 3.8) is 0 Å². The summed E-state index contributed by atoms with van der Waals surface area (Å²) in [5.74, 6) is -0.358. The summed E-state index contributed by atoms with van der Waals surface area (Å²) in [6.45, 7) is 3.60. The number of carbonyl (C=O) groups excluding carboxylic acids is 1. The molecule has 0 atom stereocenters. The molecule has 0 aliphatic rings. The first-order valence-corrected chi connectivity index (χ1v) is 9.74. The van der Waals surface area contributed by atoms with Crippen LogP contribution in [0.1, 0.15) is 24.2 Å². The van der Waals surface area contributed by atoms with E-state index in [4.69, 9.17) is 0 Å². The van der Waals surface area contributed by atoms with E-state index < -0.39 is 10.0 Å². The summed E-state index contributed by atoms with van der Waals surface area (Å²) in [5, 5.41) is 2.85. The van der Waals surface area contributed by atoms with Crippen LogP contribution in [0.4, 0.5) is 11.4 Å². The number of benzene rings is 2. The fourth-order valence-corrected chi connectivity index (χ4v) is 3.82. The zero-order chi connectivity index (χ0) is 19.5. The van der Waals surface area contributed by atoms with Crippen molar-refractivity contribution in [3.8, 4) is 0 Å². The highest BCUT2D eigenvalue weighted by Crippen LogP contribution is 2.24. The maximum atomic E-state index is 12.6. The number of carbonyl (C=O) groups is 1. The standard InChI is InChI=1S/C19H25N3O3S/c1-14(2)22(5)26(24,25)16-10-8-9-15(13-16)19(23)20-17-11-6-7-12-18(17)21(3)4/h6-14H,1-5H3,(H,20,23). The molecule has 7 heteroatoms. The van der Waals surface area contributed by atoms with Crippen LogP contribution in [0.25, 0.3) is 0 Å². The van der Waals surface area contributed by atoms with Crippen LogP contribution in [0, 0.1) is 0 Å². The SMILES string of the molecule is CC(C)N(C)S(=O)(=O)c1cccc(C(=O)Nc2ccccc2N(C)C)c1. The van der Waals surface area contributed by atoms with E-state index in [1.165, 1.54) is 23.5 Å². The number of hydrogen-bond acceptors (Lipinski definition) is 4. The first-order valence-electron chi connectivity index (χ1n) is 8.30. The summed E-state index contributed by atoms with van der Waals surface area (Å²) in [6.07, 6.45) is 0. The molecule has 0 heterocycles. The molecular weight excluding hydrogens is 350 g/mol. The molecular formula is C19H25N3O3S. The van der Waals surface area contributed by atoms with E-state index in [-0.39, 0.29) is 22.4 Å². The largest absolute Gasteiger partial charge is 0.376 e. The smallest absolute Gasteiger partial charge is 0.255 e. The average molecular weight is 375 g/mol. The van der Waals surface area contributed by atoms with Gasteiger partial charge in [0, 0.05) is 32.7 Å². The molecule has 140 valence electrons. The second-order valence-electron chi connectivity index (χ2n) is 6.51. The van der Waals surface area contributed by atoms with Crippen molar-refractivity contribution < 1.29 is 13.2 Å². The third kappa shape index (κ3) is 4.23.